The Labute approximate surface area is 109 Å². The van der Waals surface area contributed by atoms with Crippen LogP contribution in [0.15, 0.2) is 36.4 Å². The molecule has 1 N–H and O–H groups in total. The van der Waals surface area contributed by atoms with Gasteiger partial charge in [0.2, 0.25) is 5.88 Å². The fourth-order valence-corrected chi connectivity index (χ4v) is 1.55. The zero-order valence-corrected chi connectivity index (χ0v) is 10.3. The highest BCUT2D eigenvalue weighted by Gasteiger charge is 2.08. The second-order valence-corrected chi connectivity index (χ2v) is 4.11. The Morgan fingerprint density at radius 2 is 2.11 bits per heavy atom. The first-order valence-corrected chi connectivity index (χ1v) is 5.58. The number of carboxylic acid groups (broad SMARTS) is 1. The molecule has 2 aromatic rings. The summed E-state index contributed by atoms with van der Waals surface area (Å²) >= 11 is 5.98. The first kappa shape index (κ1) is 12.4. The van der Waals surface area contributed by atoms with Crippen LogP contribution in [-0.4, -0.2) is 16.1 Å². The molecule has 0 fully saturated rings. The first-order chi connectivity index (χ1) is 8.56. The molecule has 92 valence electrons. The zero-order chi connectivity index (χ0) is 13.1. The molecule has 2 rings (SSSR count). The van der Waals surface area contributed by atoms with Gasteiger partial charge >= 0.3 is 5.97 Å². The van der Waals surface area contributed by atoms with E-state index in [9.17, 15) is 4.79 Å². The molecule has 1 heterocycles. The quantitative estimate of drug-likeness (QED) is 0.920. The minimum absolute atomic E-state index is 0.0729. The van der Waals surface area contributed by atoms with Crippen LogP contribution in [-0.2, 0) is 0 Å². The van der Waals surface area contributed by atoms with E-state index < -0.39 is 5.97 Å². The van der Waals surface area contributed by atoms with E-state index >= 15 is 0 Å². The van der Waals surface area contributed by atoms with Gasteiger partial charge in [-0.2, -0.15) is 0 Å². The Morgan fingerprint density at radius 3 is 2.83 bits per heavy atom. The van der Waals surface area contributed by atoms with Gasteiger partial charge in [0.1, 0.15) is 5.75 Å². The summed E-state index contributed by atoms with van der Waals surface area (Å²) in [6.45, 7) is 1.91. The second-order valence-electron chi connectivity index (χ2n) is 3.70. The zero-order valence-electron chi connectivity index (χ0n) is 9.55. The van der Waals surface area contributed by atoms with E-state index in [1.807, 2.05) is 13.0 Å². The van der Waals surface area contributed by atoms with Crippen molar-refractivity contribution in [3.63, 3.8) is 0 Å². The van der Waals surface area contributed by atoms with E-state index in [4.69, 9.17) is 21.4 Å². The number of hydrogen-bond donors (Lipinski definition) is 1. The average molecular weight is 264 g/mol. The minimum Gasteiger partial charge on any atom is -0.477 e. The van der Waals surface area contributed by atoms with Crippen molar-refractivity contribution in [1.82, 2.24) is 4.98 Å². The Bertz CT molecular complexity index is 599. The molecule has 0 aliphatic rings. The molecule has 18 heavy (non-hydrogen) atoms. The molecule has 0 saturated carbocycles. The van der Waals surface area contributed by atoms with E-state index in [0.29, 0.717) is 10.8 Å². The van der Waals surface area contributed by atoms with Crippen LogP contribution in [0.3, 0.4) is 0 Å². The Kier molecular flexibility index (Phi) is 3.48. The molecule has 0 saturated heterocycles. The number of carboxylic acids is 1. The molecule has 4 nitrogen and oxygen atoms in total. The van der Waals surface area contributed by atoms with Gasteiger partial charge in [-0.25, -0.2) is 9.78 Å². The third kappa shape index (κ3) is 2.78. The maximum atomic E-state index is 10.8. The minimum atomic E-state index is -1.10. The molecule has 0 amide bonds. The smallest absolute Gasteiger partial charge is 0.354 e. The number of aryl methyl sites for hydroxylation is 1. The van der Waals surface area contributed by atoms with E-state index in [0.717, 1.165) is 5.56 Å². The fraction of sp³-hybridized carbons (Fsp3) is 0.0769. The molecule has 0 aliphatic carbocycles. The monoisotopic (exact) mass is 263 g/mol. The molecule has 0 atom stereocenters. The van der Waals surface area contributed by atoms with Gasteiger partial charge in [-0.15, -0.1) is 0 Å². The molecule has 0 unspecified atom stereocenters. The maximum Gasteiger partial charge on any atom is 0.354 e. The second kappa shape index (κ2) is 5.06. The van der Waals surface area contributed by atoms with E-state index in [1.54, 1.807) is 24.3 Å². The number of halogens is 1. The summed E-state index contributed by atoms with van der Waals surface area (Å²) in [7, 11) is 0. The van der Waals surface area contributed by atoms with Crippen molar-refractivity contribution in [2.75, 3.05) is 0 Å². The van der Waals surface area contributed by atoms with Crippen LogP contribution in [0.2, 0.25) is 5.02 Å². The van der Waals surface area contributed by atoms with Gasteiger partial charge in [-0.1, -0.05) is 23.7 Å². The van der Waals surface area contributed by atoms with Gasteiger partial charge in [0, 0.05) is 6.07 Å². The largest absolute Gasteiger partial charge is 0.477 e. The van der Waals surface area contributed by atoms with Crippen LogP contribution in [0, 0.1) is 6.92 Å². The lowest BCUT2D eigenvalue weighted by molar-refractivity contribution is 0.0689. The number of hydrogen-bond acceptors (Lipinski definition) is 3. The predicted molar refractivity (Wildman–Crippen MR) is 67.5 cm³/mol. The van der Waals surface area contributed by atoms with Crippen LogP contribution >= 0.6 is 11.6 Å². The molecular weight excluding hydrogens is 254 g/mol. The third-order valence-corrected chi connectivity index (χ3v) is 2.56. The van der Waals surface area contributed by atoms with E-state index in [1.165, 1.54) is 6.07 Å². The van der Waals surface area contributed by atoms with Crippen molar-refractivity contribution in [2.24, 2.45) is 0 Å². The summed E-state index contributed by atoms with van der Waals surface area (Å²) in [4.78, 5) is 14.6. The van der Waals surface area contributed by atoms with E-state index in [2.05, 4.69) is 4.98 Å². The lowest BCUT2D eigenvalue weighted by Gasteiger charge is -2.07. The number of nitrogens with zero attached hydrogens (tertiary/aromatic N) is 1. The number of rotatable bonds is 3. The van der Waals surface area contributed by atoms with Crippen LogP contribution in [0.4, 0.5) is 0 Å². The SMILES string of the molecule is Cc1ccc(Cl)c(Oc2cccc(C(=O)O)n2)c1. The van der Waals surface area contributed by atoms with Crippen LogP contribution in [0.25, 0.3) is 0 Å². The summed E-state index contributed by atoms with van der Waals surface area (Å²) in [5.41, 5.74) is 0.917. The summed E-state index contributed by atoms with van der Waals surface area (Å²) in [6, 6.07) is 9.87. The van der Waals surface area contributed by atoms with Crippen molar-refractivity contribution in [2.45, 2.75) is 6.92 Å². The lowest BCUT2D eigenvalue weighted by Crippen LogP contribution is -2.00. The highest BCUT2D eigenvalue weighted by molar-refractivity contribution is 6.32. The average Bonchev–Trinajstić information content (AvgIpc) is 2.34. The Morgan fingerprint density at radius 1 is 1.33 bits per heavy atom. The molecule has 5 heteroatoms. The number of carbonyl (C=O) groups is 1. The van der Waals surface area contributed by atoms with Gasteiger partial charge in [0.15, 0.2) is 5.69 Å². The first-order valence-electron chi connectivity index (χ1n) is 5.20. The summed E-state index contributed by atoms with van der Waals surface area (Å²) in [6.07, 6.45) is 0. The lowest BCUT2D eigenvalue weighted by atomic mass is 10.2. The van der Waals surface area contributed by atoms with E-state index in [-0.39, 0.29) is 11.6 Å². The van der Waals surface area contributed by atoms with Gasteiger partial charge in [0.25, 0.3) is 0 Å². The number of benzene rings is 1. The third-order valence-electron chi connectivity index (χ3n) is 2.24. The van der Waals surface area contributed by atoms with Gasteiger partial charge in [-0.3, -0.25) is 0 Å². The number of aromatic carboxylic acids is 1. The normalized spacial score (nSPS) is 10.1. The highest BCUT2D eigenvalue weighted by atomic mass is 35.5. The van der Waals surface area contributed by atoms with Gasteiger partial charge in [-0.05, 0) is 30.7 Å². The molecule has 0 spiro atoms. The molecule has 0 radical (unpaired) electrons. The van der Waals surface area contributed by atoms with Crippen LogP contribution in [0.5, 0.6) is 11.6 Å². The van der Waals surface area contributed by atoms with Crippen LogP contribution < -0.4 is 4.74 Å². The fourth-order valence-electron chi connectivity index (χ4n) is 1.39. The number of ether oxygens (including phenoxy) is 1. The van der Waals surface area contributed by atoms with Gasteiger partial charge < -0.3 is 9.84 Å². The van der Waals surface area contributed by atoms with Crippen molar-refractivity contribution >= 4 is 17.6 Å². The molecule has 1 aromatic carbocycles. The Hall–Kier alpha value is -2.07. The Balaban J connectivity index is 2.31. The summed E-state index contributed by atoms with van der Waals surface area (Å²) < 4.78 is 5.47. The highest BCUT2D eigenvalue weighted by Crippen LogP contribution is 2.29. The van der Waals surface area contributed by atoms with Crippen LogP contribution in [0.1, 0.15) is 16.1 Å². The molecule has 0 aliphatic heterocycles. The maximum absolute atomic E-state index is 10.8. The molecule has 0 bridgehead atoms. The molecular formula is C13H10ClNO3. The topological polar surface area (TPSA) is 59.4 Å². The molecule has 1 aromatic heterocycles. The number of aromatic nitrogens is 1. The predicted octanol–water partition coefficient (Wildman–Crippen LogP) is 3.53. The standard InChI is InChI=1S/C13H10ClNO3/c1-8-5-6-9(14)11(7-8)18-12-4-2-3-10(15-12)13(16)17/h2-7H,1H3,(H,16,17). The van der Waals surface area contributed by atoms with Gasteiger partial charge in [0.05, 0.1) is 5.02 Å². The van der Waals surface area contributed by atoms with Crippen molar-refractivity contribution in [3.05, 3.63) is 52.7 Å². The van der Waals surface area contributed by atoms with Crippen molar-refractivity contribution in [3.8, 4) is 11.6 Å². The number of pyridine rings is 1. The van der Waals surface area contributed by atoms with Crippen molar-refractivity contribution in [1.29, 1.82) is 0 Å². The summed E-state index contributed by atoms with van der Waals surface area (Å²) in [5, 5.41) is 9.28. The summed E-state index contributed by atoms with van der Waals surface area (Å²) in [5.74, 6) is -0.454. The van der Waals surface area contributed by atoms with Crippen molar-refractivity contribution < 1.29 is 14.6 Å².